The van der Waals surface area contributed by atoms with E-state index < -0.39 is 0 Å². The first-order valence-electron chi connectivity index (χ1n) is 14.8. The summed E-state index contributed by atoms with van der Waals surface area (Å²) in [4.78, 5) is 0. The zero-order chi connectivity index (χ0) is 28.0. The zero-order valence-electron chi connectivity index (χ0n) is 23.7. The van der Waals surface area contributed by atoms with Gasteiger partial charge >= 0.3 is 0 Å². The molecule has 0 aliphatic heterocycles. The topological polar surface area (TPSA) is 4.93 Å². The highest BCUT2D eigenvalue weighted by molar-refractivity contribution is 6.28. The summed E-state index contributed by atoms with van der Waals surface area (Å²) in [6.07, 6.45) is 0. The monoisotopic (exact) mass is 535 g/mol. The maximum Gasteiger partial charge on any atom is 0.0619 e. The molecule has 1 nitrogen and oxygen atoms in total. The molecule has 0 unspecified atom stereocenters. The summed E-state index contributed by atoms with van der Waals surface area (Å²) in [6.45, 7) is 4.75. The molecule has 0 spiro atoms. The molecular weight excluding hydrogens is 506 g/mol. The average molecular weight is 536 g/mol. The number of fused-ring (bicyclic) bond motifs is 8. The zero-order valence-corrected chi connectivity index (χ0v) is 23.7. The second-order valence-corrected chi connectivity index (χ2v) is 12.1. The SMILES string of the molecule is CC1(C)c2ccccc2-c2c3c1cccc3cc1c2c2ccc3ccccc3c2n1-c1ccccc1-c1ccccc1. The average Bonchev–Trinajstić information content (AvgIpc) is 3.37. The first kappa shape index (κ1) is 23.6. The molecule has 1 aliphatic carbocycles. The van der Waals surface area contributed by atoms with Crippen LogP contribution in [0.4, 0.5) is 0 Å². The molecule has 0 bridgehead atoms. The van der Waals surface area contributed by atoms with Gasteiger partial charge in [-0.25, -0.2) is 0 Å². The van der Waals surface area contributed by atoms with Crippen LogP contribution in [0.3, 0.4) is 0 Å². The van der Waals surface area contributed by atoms with E-state index in [4.69, 9.17) is 0 Å². The van der Waals surface area contributed by atoms with Gasteiger partial charge in [0.25, 0.3) is 0 Å². The number of hydrogen-bond donors (Lipinski definition) is 0. The van der Waals surface area contributed by atoms with Gasteiger partial charge in [0.05, 0.1) is 16.7 Å². The van der Waals surface area contributed by atoms with Gasteiger partial charge in [0, 0.05) is 32.7 Å². The third-order valence-electron chi connectivity index (χ3n) is 9.55. The maximum absolute atomic E-state index is 2.54. The summed E-state index contributed by atoms with van der Waals surface area (Å²) < 4.78 is 2.54. The fourth-order valence-electron chi connectivity index (χ4n) is 7.67. The predicted octanol–water partition coefficient (Wildman–Crippen LogP) is 11.1. The van der Waals surface area contributed by atoms with Crippen LogP contribution < -0.4 is 0 Å². The third kappa shape index (κ3) is 3.03. The van der Waals surface area contributed by atoms with E-state index in [0.29, 0.717) is 0 Å². The Morgan fingerprint density at radius 1 is 0.500 bits per heavy atom. The molecule has 1 heteroatoms. The Morgan fingerprint density at radius 3 is 2.07 bits per heavy atom. The Kier molecular flexibility index (Phi) is 4.73. The molecule has 1 aliphatic rings. The molecule has 1 aromatic heterocycles. The molecule has 7 aromatic carbocycles. The third-order valence-corrected chi connectivity index (χ3v) is 9.55. The number of aromatic nitrogens is 1. The molecule has 0 fully saturated rings. The normalized spacial score (nSPS) is 13.7. The molecule has 0 atom stereocenters. The Bertz CT molecular complexity index is 2370. The molecule has 9 rings (SSSR count). The summed E-state index contributed by atoms with van der Waals surface area (Å²) in [5.41, 5.74) is 11.6. The van der Waals surface area contributed by atoms with Crippen LogP contribution in [0.25, 0.3) is 71.3 Å². The van der Waals surface area contributed by atoms with Crippen LogP contribution >= 0.6 is 0 Å². The van der Waals surface area contributed by atoms with E-state index in [1.165, 1.54) is 82.4 Å². The van der Waals surface area contributed by atoms with Gasteiger partial charge in [-0.1, -0.05) is 141 Å². The van der Waals surface area contributed by atoms with Crippen molar-refractivity contribution >= 4 is 43.4 Å². The highest BCUT2D eigenvalue weighted by Gasteiger charge is 2.35. The largest absolute Gasteiger partial charge is 0.308 e. The highest BCUT2D eigenvalue weighted by Crippen LogP contribution is 2.53. The van der Waals surface area contributed by atoms with Gasteiger partial charge in [-0.05, 0) is 50.5 Å². The number of benzene rings is 7. The van der Waals surface area contributed by atoms with Crippen LogP contribution in [0, 0.1) is 0 Å². The maximum atomic E-state index is 2.54. The van der Waals surface area contributed by atoms with E-state index in [1.807, 2.05) is 0 Å². The van der Waals surface area contributed by atoms with Gasteiger partial charge in [-0.15, -0.1) is 0 Å². The lowest BCUT2D eigenvalue weighted by molar-refractivity contribution is 0.645. The van der Waals surface area contributed by atoms with Crippen molar-refractivity contribution in [2.75, 3.05) is 0 Å². The Morgan fingerprint density at radius 2 is 1.19 bits per heavy atom. The highest BCUT2D eigenvalue weighted by atomic mass is 15.0. The first-order chi connectivity index (χ1) is 20.6. The number of nitrogens with zero attached hydrogens (tertiary/aromatic N) is 1. The van der Waals surface area contributed by atoms with Crippen molar-refractivity contribution in [1.29, 1.82) is 0 Å². The summed E-state index contributed by atoms with van der Waals surface area (Å²) in [5, 5.41) is 7.84. The molecule has 1 heterocycles. The second kappa shape index (κ2) is 8.44. The summed E-state index contributed by atoms with van der Waals surface area (Å²) in [6, 6.07) is 51.5. The van der Waals surface area contributed by atoms with E-state index in [2.05, 4.69) is 158 Å². The van der Waals surface area contributed by atoms with Gasteiger partial charge in [0.2, 0.25) is 0 Å². The molecule has 198 valence electrons. The Balaban J connectivity index is 1.57. The van der Waals surface area contributed by atoms with Crippen molar-refractivity contribution in [2.24, 2.45) is 0 Å². The predicted molar refractivity (Wildman–Crippen MR) is 179 cm³/mol. The van der Waals surface area contributed by atoms with Crippen LogP contribution in [-0.4, -0.2) is 4.57 Å². The van der Waals surface area contributed by atoms with E-state index in [0.717, 1.165) is 0 Å². The molecular formula is C41H29N. The van der Waals surface area contributed by atoms with Crippen molar-refractivity contribution < 1.29 is 0 Å². The Labute approximate surface area is 245 Å². The lowest BCUT2D eigenvalue weighted by atomic mass is 9.68. The molecule has 0 saturated carbocycles. The standard InChI is InChI=1S/C41H29N/c1-41(2)33-20-10-8-19-31(33)39-37-28(16-12-21-34(37)41)25-36-38(39)32-24-23-27-15-6-7-18-30(27)40(32)42(36)35-22-11-9-17-29(35)26-13-4-3-5-14-26/h3-25H,1-2H3. The van der Waals surface area contributed by atoms with Crippen LogP contribution in [0.5, 0.6) is 0 Å². The van der Waals surface area contributed by atoms with Crippen LogP contribution in [0.1, 0.15) is 25.0 Å². The minimum absolute atomic E-state index is 0.0816. The van der Waals surface area contributed by atoms with Crippen LogP contribution in [0.15, 0.2) is 140 Å². The van der Waals surface area contributed by atoms with Crippen molar-refractivity contribution in [2.45, 2.75) is 19.3 Å². The van der Waals surface area contributed by atoms with Gasteiger partial charge < -0.3 is 4.57 Å². The number of rotatable bonds is 2. The minimum Gasteiger partial charge on any atom is -0.308 e. The molecule has 0 radical (unpaired) electrons. The van der Waals surface area contributed by atoms with E-state index in [9.17, 15) is 0 Å². The van der Waals surface area contributed by atoms with Crippen LogP contribution in [-0.2, 0) is 5.41 Å². The smallest absolute Gasteiger partial charge is 0.0619 e. The van der Waals surface area contributed by atoms with Crippen molar-refractivity contribution in [3.63, 3.8) is 0 Å². The lowest BCUT2D eigenvalue weighted by Gasteiger charge is -2.35. The number of para-hydroxylation sites is 1. The van der Waals surface area contributed by atoms with Crippen molar-refractivity contribution in [3.8, 4) is 27.9 Å². The summed E-state index contributed by atoms with van der Waals surface area (Å²) >= 11 is 0. The molecule has 0 saturated heterocycles. The Hall–Kier alpha value is -5.14. The first-order valence-corrected chi connectivity index (χ1v) is 14.8. The quantitative estimate of drug-likeness (QED) is 0.207. The van der Waals surface area contributed by atoms with Crippen molar-refractivity contribution in [3.05, 3.63) is 151 Å². The van der Waals surface area contributed by atoms with Gasteiger partial charge in [-0.2, -0.15) is 0 Å². The molecule has 8 aromatic rings. The number of hydrogen-bond acceptors (Lipinski definition) is 0. The molecule has 42 heavy (non-hydrogen) atoms. The van der Waals surface area contributed by atoms with Gasteiger partial charge in [0.15, 0.2) is 0 Å². The minimum atomic E-state index is -0.0816. The molecule has 0 N–H and O–H groups in total. The van der Waals surface area contributed by atoms with Gasteiger partial charge in [-0.3, -0.25) is 0 Å². The van der Waals surface area contributed by atoms with E-state index >= 15 is 0 Å². The van der Waals surface area contributed by atoms with E-state index in [-0.39, 0.29) is 5.41 Å². The summed E-state index contributed by atoms with van der Waals surface area (Å²) in [7, 11) is 0. The fourth-order valence-corrected chi connectivity index (χ4v) is 7.67. The lowest BCUT2D eigenvalue weighted by Crippen LogP contribution is -2.23. The van der Waals surface area contributed by atoms with Crippen molar-refractivity contribution in [1.82, 2.24) is 4.57 Å². The molecule has 0 amide bonds. The van der Waals surface area contributed by atoms with E-state index in [1.54, 1.807) is 0 Å². The van der Waals surface area contributed by atoms with Crippen LogP contribution in [0.2, 0.25) is 0 Å². The summed E-state index contributed by atoms with van der Waals surface area (Å²) in [5.74, 6) is 0. The van der Waals surface area contributed by atoms with Gasteiger partial charge in [0.1, 0.15) is 0 Å². The second-order valence-electron chi connectivity index (χ2n) is 12.1. The fraction of sp³-hybridized carbons (Fsp3) is 0.0732.